The van der Waals surface area contributed by atoms with Gasteiger partial charge in [-0.3, -0.25) is 9.59 Å². The minimum Gasteiger partial charge on any atom is -0.459 e. The maximum absolute atomic E-state index is 12.4. The van der Waals surface area contributed by atoms with Crippen LogP contribution in [0.2, 0.25) is 0 Å². The topological polar surface area (TPSA) is 61.2 Å². The summed E-state index contributed by atoms with van der Waals surface area (Å²) >= 11 is 0. The number of hydrogen-bond acceptors (Lipinski definition) is 4. The number of aromatic nitrogens is 2. The van der Waals surface area contributed by atoms with Gasteiger partial charge in [-0.1, -0.05) is 72.8 Å². The van der Waals surface area contributed by atoms with Crippen molar-refractivity contribution in [1.29, 1.82) is 0 Å². The number of fused-ring (bicyclic) bond motifs is 1. The van der Waals surface area contributed by atoms with E-state index in [9.17, 15) is 9.59 Å². The predicted octanol–water partition coefficient (Wildman–Crippen LogP) is 3.81. The molecule has 28 heavy (non-hydrogen) atoms. The minimum absolute atomic E-state index is 0.149. The number of benzene rings is 3. The van der Waals surface area contributed by atoms with Crippen LogP contribution >= 0.6 is 0 Å². The first kappa shape index (κ1) is 17.7. The summed E-state index contributed by atoms with van der Waals surface area (Å²) in [6.45, 7) is -0.0675. The molecule has 0 saturated heterocycles. The van der Waals surface area contributed by atoms with Crippen LogP contribution in [0.4, 0.5) is 0 Å². The van der Waals surface area contributed by atoms with Crippen molar-refractivity contribution in [3.8, 4) is 11.1 Å². The molecule has 5 heteroatoms. The van der Waals surface area contributed by atoms with Gasteiger partial charge in [0.1, 0.15) is 13.2 Å². The maximum Gasteiger partial charge on any atom is 0.328 e. The van der Waals surface area contributed by atoms with Gasteiger partial charge >= 0.3 is 5.97 Å². The zero-order chi connectivity index (χ0) is 19.3. The van der Waals surface area contributed by atoms with E-state index in [4.69, 9.17) is 4.74 Å². The third-order valence-electron chi connectivity index (χ3n) is 4.50. The number of esters is 1. The van der Waals surface area contributed by atoms with E-state index >= 15 is 0 Å². The lowest BCUT2D eigenvalue weighted by Gasteiger charge is -2.08. The monoisotopic (exact) mass is 370 g/mol. The SMILES string of the molecule is O=C(Cn1ncc2ccccc2c1=O)OCc1ccc(-c2ccccc2)cc1. The van der Waals surface area contributed by atoms with Gasteiger partial charge in [-0.05, 0) is 22.8 Å². The van der Waals surface area contributed by atoms with Gasteiger partial charge in [0.25, 0.3) is 5.56 Å². The molecule has 0 atom stereocenters. The summed E-state index contributed by atoms with van der Waals surface area (Å²) in [7, 11) is 0. The molecule has 0 amide bonds. The molecule has 0 aliphatic heterocycles. The summed E-state index contributed by atoms with van der Waals surface area (Å²) in [5, 5.41) is 5.33. The number of rotatable bonds is 5. The lowest BCUT2D eigenvalue weighted by atomic mass is 10.0. The van der Waals surface area contributed by atoms with Crippen molar-refractivity contribution < 1.29 is 9.53 Å². The molecule has 0 radical (unpaired) electrons. The molecule has 0 spiro atoms. The van der Waals surface area contributed by atoms with Crippen LogP contribution in [0.5, 0.6) is 0 Å². The van der Waals surface area contributed by atoms with Crippen LogP contribution in [0, 0.1) is 0 Å². The second-order valence-electron chi connectivity index (χ2n) is 6.42. The zero-order valence-electron chi connectivity index (χ0n) is 15.1. The first-order chi connectivity index (χ1) is 13.7. The van der Waals surface area contributed by atoms with Crippen molar-refractivity contribution in [2.75, 3.05) is 0 Å². The van der Waals surface area contributed by atoms with Crippen LogP contribution in [0.25, 0.3) is 21.9 Å². The van der Waals surface area contributed by atoms with Crippen LogP contribution in [0.1, 0.15) is 5.56 Å². The van der Waals surface area contributed by atoms with Gasteiger partial charge in [0.2, 0.25) is 0 Å². The third kappa shape index (κ3) is 3.83. The summed E-state index contributed by atoms with van der Waals surface area (Å²) in [6.07, 6.45) is 1.58. The van der Waals surface area contributed by atoms with Gasteiger partial charge < -0.3 is 4.74 Å². The van der Waals surface area contributed by atoms with Gasteiger partial charge in [-0.15, -0.1) is 0 Å². The Morgan fingerprint density at radius 2 is 1.54 bits per heavy atom. The normalized spacial score (nSPS) is 10.7. The fraction of sp³-hybridized carbons (Fsp3) is 0.0870. The van der Waals surface area contributed by atoms with Crippen molar-refractivity contribution in [1.82, 2.24) is 9.78 Å². The highest BCUT2D eigenvalue weighted by Gasteiger charge is 2.10. The van der Waals surface area contributed by atoms with Crippen molar-refractivity contribution in [3.63, 3.8) is 0 Å². The molecular formula is C23H18N2O3. The highest BCUT2D eigenvalue weighted by molar-refractivity contribution is 5.80. The molecule has 1 heterocycles. The first-order valence-electron chi connectivity index (χ1n) is 8.95. The van der Waals surface area contributed by atoms with Crippen LogP contribution in [-0.4, -0.2) is 15.7 Å². The Balaban J connectivity index is 1.40. The summed E-state index contributed by atoms with van der Waals surface area (Å²) in [5.41, 5.74) is 2.81. The molecule has 0 aliphatic rings. The Morgan fingerprint density at radius 3 is 2.32 bits per heavy atom. The molecule has 0 unspecified atom stereocenters. The molecule has 1 aromatic heterocycles. The van der Waals surface area contributed by atoms with E-state index in [-0.39, 0.29) is 18.7 Å². The molecule has 0 bridgehead atoms. The van der Waals surface area contributed by atoms with Crippen LogP contribution in [0.15, 0.2) is 89.9 Å². The van der Waals surface area contributed by atoms with E-state index in [2.05, 4.69) is 5.10 Å². The molecule has 3 aromatic carbocycles. The van der Waals surface area contributed by atoms with Crippen LogP contribution in [-0.2, 0) is 22.7 Å². The fourth-order valence-electron chi connectivity index (χ4n) is 3.00. The number of nitrogens with zero attached hydrogens (tertiary/aromatic N) is 2. The van der Waals surface area contributed by atoms with Crippen LogP contribution in [0.3, 0.4) is 0 Å². The van der Waals surface area contributed by atoms with Gasteiger partial charge in [0.05, 0.1) is 11.6 Å². The van der Waals surface area contributed by atoms with Gasteiger partial charge in [-0.2, -0.15) is 5.10 Å². The molecule has 0 fully saturated rings. The van der Waals surface area contributed by atoms with E-state index < -0.39 is 5.97 Å². The van der Waals surface area contributed by atoms with Crippen LogP contribution < -0.4 is 5.56 Å². The average molecular weight is 370 g/mol. The quantitative estimate of drug-likeness (QED) is 0.501. The van der Waals surface area contributed by atoms with Crippen molar-refractivity contribution in [3.05, 3.63) is 101 Å². The second-order valence-corrected chi connectivity index (χ2v) is 6.42. The second kappa shape index (κ2) is 7.88. The molecule has 0 aliphatic carbocycles. The molecule has 138 valence electrons. The molecule has 4 rings (SSSR count). The zero-order valence-corrected chi connectivity index (χ0v) is 15.1. The van der Waals surface area contributed by atoms with E-state index in [1.54, 1.807) is 18.3 Å². The Bertz CT molecular complexity index is 1170. The summed E-state index contributed by atoms with van der Waals surface area (Å²) in [6, 6.07) is 25.0. The highest BCUT2D eigenvalue weighted by Crippen LogP contribution is 2.19. The maximum atomic E-state index is 12.4. The Labute approximate surface area is 161 Å². The van der Waals surface area contributed by atoms with E-state index in [1.165, 1.54) is 0 Å². The lowest BCUT2D eigenvalue weighted by molar-refractivity contribution is -0.146. The Hall–Kier alpha value is -3.73. The predicted molar refractivity (Wildman–Crippen MR) is 108 cm³/mol. The summed E-state index contributed by atoms with van der Waals surface area (Å²) in [4.78, 5) is 24.5. The Kier molecular flexibility index (Phi) is 4.97. The summed E-state index contributed by atoms with van der Waals surface area (Å²) in [5.74, 6) is -0.503. The number of hydrogen-bond donors (Lipinski definition) is 0. The molecule has 4 aromatic rings. The summed E-state index contributed by atoms with van der Waals surface area (Å²) < 4.78 is 6.43. The molecule has 0 saturated carbocycles. The molecular weight excluding hydrogens is 352 g/mol. The van der Waals surface area contributed by atoms with Crippen molar-refractivity contribution in [2.24, 2.45) is 0 Å². The number of ether oxygens (including phenoxy) is 1. The largest absolute Gasteiger partial charge is 0.459 e. The minimum atomic E-state index is -0.503. The third-order valence-corrected chi connectivity index (χ3v) is 4.50. The number of carbonyl (C=O) groups excluding carboxylic acids is 1. The van der Waals surface area contributed by atoms with Gasteiger partial charge in [0, 0.05) is 5.39 Å². The number of carbonyl (C=O) groups is 1. The first-order valence-corrected chi connectivity index (χ1v) is 8.95. The van der Waals surface area contributed by atoms with E-state index in [0.717, 1.165) is 26.8 Å². The fourth-order valence-corrected chi connectivity index (χ4v) is 3.00. The lowest BCUT2D eigenvalue weighted by Crippen LogP contribution is -2.27. The van der Waals surface area contributed by atoms with Gasteiger partial charge in [0.15, 0.2) is 0 Å². The van der Waals surface area contributed by atoms with E-state index in [0.29, 0.717) is 5.39 Å². The van der Waals surface area contributed by atoms with E-state index in [1.807, 2.05) is 66.7 Å². The average Bonchev–Trinajstić information content (AvgIpc) is 2.75. The molecule has 5 nitrogen and oxygen atoms in total. The standard InChI is InChI=1S/C23H18N2O3/c26-22(15-25-23(27)21-9-5-4-8-20(21)14-24-25)28-16-17-10-12-19(13-11-17)18-6-2-1-3-7-18/h1-14H,15-16H2. The molecule has 0 N–H and O–H groups in total. The highest BCUT2D eigenvalue weighted by atomic mass is 16.5. The smallest absolute Gasteiger partial charge is 0.328 e. The Morgan fingerprint density at radius 1 is 0.857 bits per heavy atom. The van der Waals surface area contributed by atoms with Crippen molar-refractivity contribution in [2.45, 2.75) is 13.2 Å². The van der Waals surface area contributed by atoms with Crippen molar-refractivity contribution >= 4 is 16.7 Å². The van der Waals surface area contributed by atoms with Gasteiger partial charge in [-0.25, -0.2) is 4.68 Å².